The maximum atomic E-state index is 11.6. The summed E-state index contributed by atoms with van der Waals surface area (Å²) >= 11 is 8.99. The van der Waals surface area contributed by atoms with Gasteiger partial charge in [-0.1, -0.05) is 39.7 Å². The normalized spacial score (nSPS) is 10.2. The van der Waals surface area contributed by atoms with E-state index in [2.05, 4.69) is 15.9 Å². The Balaban J connectivity index is 2.12. The SMILES string of the molecule is COc1cc(C(=O)CBr)ccc1OCc1ccc(Cl)cc1. The van der Waals surface area contributed by atoms with Crippen LogP contribution in [0.15, 0.2) is 42.5 Å². The number of halogens is 2. The molecule has 0 atom stereocenters. The van der Waals surface area contributed by atoms with Gasteiger partial charge in [-0.05, 0) is 35.9 Å². The van der Waals surface area contributed by atoms with Gasteiger partial charge in [0.2, 0.25) is 0 Å². The number of alkyl halides is 1. The zero-order valence-electron chi connectivity index (χ0n) is 11.4. The number of hydrogen-bond acceptors (Lipinski definition) is 3. The second kappa shape index (κ2) is 7.48. The molecule has 0 heterocycles. The van der Waals surface area contributed by atoms with Crippen LogP contribution in [0.4, 0.5) is 0 Å². The number of ketones is 1. The van der Waals surface area contributed by atoms with E-state index >= 15 is 0 Å². The number of benzene rings is 2. The second-order valence-corrected chi connectivity index (χ2v) is 5.33. The van der Waals surface area contributed by atoms with Crippen LogP contribution in [-0.2, 0) is 6.61 Å². The summed E-state index contributed by atoms with van der Waals surface area (Å²) in [5, 5.41) is 0.968. The quantitative estimate of drug-likeness (QED) is 0.555. The molecular formula is C16H14BrClO3. The summed E-state index contributed by atoms with van der Waals surface area (Å²) in [7, 11) is 1.55. The Kier molecular flexibility index (Phi) is 5.65. The summed E-state index contributed by atoms with van der Waals surface area (Å²) in [6.07, 6.45) is 0. The first-order valence-electron chi connectivity index (χ1n) is 6.28. The molecule has 0 saturated heterocycles. The molecule has 110 valence electrons. The van der Waals surface area contributed by atoms with Crippen molar-refractivity contribution in [1.82, 2.24) is 0 Å². The second-order valence-electron chi connectivity index (χ2n) is 4.34. The van der Waals surface area contributed by atoms with Crippen molar-refractivity contribution in [2.75, 3.05) is 12.4 Å². The highest BCUT2D eigenvalue weighted by Gasteiger charge is 2.10. The third kappa shape index (κ3) is 4.22. The van der Waals surface area contributed by atoms with E-state index in [1.54, 1.807) is 25.3 Å². The highest BCUT2D eigenvalue weighted by Crippen LogP contribution is 2.29. The number of hydrogen-bond donors (Lipinski definition) is 0. The van der Waals surface area contributed by atoms with Crippen LogP contribution in [0.5, 0.6) is 11.5 Å². The summed E-state index contributed by atoms with van der Waals surface area (Å²) in [6.45, 7) is 0.402. The lowest BCUT2D eigenvalue weighted by Gasteiger charge is -2.12. The van der Waals surface area contributed by atoms with Crippen molar-refractivity contribution in [1.29, 1.82) is 0 Å². The lowest BCUT2D eigenvalue weighted by atomic mass is 10.1. The van der Waals surface area contributed by atoms with Gasteiger partial charge in [0.25, 0.3) is 0 Å². The van der Waals surface area contributed by atoms with E-state index in [-0.39, 0.29) is 11.1 Å². The van der Waals surface area contributed by atoms with Crippen LogP contribution in [0.2, 0.25) is 5.02 Å². The standard InChI is InChI=1S/C16H14BrClO3/c1-20-16-8-12(14(19)9-17)4-7-15(16)21-10-11-2-5-13(18)6-3-11/h2-8H,9-10H2,1H3. The van der Waals surface area contributed by atoms with Crippen molar-refractivity contribution in [3.05, 3.63) is 58.6 Å². The fraction of sp³-hybridized carbons (Fsp3) is 0.188. The molecule has 0 saturated carbocycles. The van der Waals surface area contributed by atoms with E-state index < -0.39 is 0 Å². The molecule has 3 nitrogen and oxygen atoms in total. The van der Waals surface area contributed by atoms with Crippen LogP contribution in [-0.4, -0.2) is 18.2 Å². The van der Waals surface area contributed by atoms with Gasteiger partial charge in [0.05, 0.1) is 12.4 Å². The molecule has 0 N–H and O–H groups in total. The lowest BCUT2D eigenvalue weighted by Crippen LogP contribution is -2.02. The average molecular weight is 370 g/mol. The first-order chi connectivity index (χ1) is 10.1. The molecule has 0 radical (unpaired) electrons. The summed E-state index contributed by atoms with van der Waals surface area (Å²) in [6, 6.07) is 12.6. The average Bonchev–Trinajstić information content (AvgIpc) is 2.53. The first-order valence-corrected chi connectivity index (χ1v) is 7.78. The zero-order chi connectivity index (χ0) is 15.2. The van der Waals surface area contributed by atoms with Crippen LogP contribution in [0.1, 0.15) is 15.9 Å². The van der Waals surface area contributed by atoms with Gasteiger partial charge in [0.15, 0.2) is 17.3 Å². The molecule has 0 unspecified atom stereocenters. The number of carbonyl (C=O) groups excluding carboxylic acids is 1. The predicted octanol–water partition coefficient (Wildman–Crippen LogP) is 4.51. The molecule has 0 spiro atoms. The van der Waals surface area contributed by atoms with E-state index in [0.717, 1.165) is 5.56 Å². The van der Waals surface area contributed by atoms with E-state index in [9.17, 15) is 4.79 Å². The number of rotatable bonds is 6. The van der Waals surface area contributed by atoms with Crippen LogP contribution in [0.25, 0.3) is 0 Å². The van der Waals surface area contributed by atoms with Gasteiger partial charge in [-0.2, -0.15) is 0 Å². The first kappa shape index (κ1) is 15.9. The Labute approximate surface area is 137 Å². The highest BCUT2D eigenvalue weighted by molar-refractivity contribution is 9.09. The molecule has 0 aliphatic carbocycles. The third-order valence-corrected chi connectivity index (χ3v) is 3.68. The van der Waals surface area contributed by atoms with E-state index in [1.165, 1.54) is 0 Å². The minimum atomic E-state index is -0.00227. The molecule has 0 aliphatic heterocycles. The maximum Gasteiger partial charge on any atom is 0.173 e. The van der Waals surface area contributed by atoms with Crippen molar-refractivity contribution in [3.8, 4) is 11.5 Å². The molecule has 0 bridgehead atoms. The summed E-state index contributed by atoms with van der Waals surface area (Å²) in [5.41, 5.74) is 1.59. The third-order valence-electron chi connectivity index (χ3n) is 2.91. The van der Waals surface area contributed by atoms with Crippen LogP contribution in [0, 0.1) is 0 Å². The lowest BCUT2D eigenvalue weighted by molar-refractivity contribution is 0.102. The topological polar surface area (TPSA) is 35.5 Å². The fourth-order valence-corrected chi connectivity index (χ4v) is 2.23. The van der Waals surface area contributed by atoms with Crippen molar-refractivity contribution in [2.45, 2.75) is 6.61 Å². The molecule has 0 fully saturated rings. The van der Waals surface area contributed by atoms with E-state index in [4.69, 9.17) is 21.1 Å². The van der Waals surface area contributed by atoms with Crippen LogP contribution < -0.4 is 9.47 Å². The smallest absolute Gasteiger partial charge is 0.173 e. The van der Waals surface area contributed by atoms with Gasteiger partial charge in [-0.25, -0.2) is 0 Å². The van der Waals surface area contributed by atoms with Gasteiger partial charge in [-0.15, -0.1) is 0 Å². The Hall–Kier alpha value is -1.52. The monoisotopic (exact) mass is 368 g/mol. The molecule has 2 aromatic rings. The molecular weight excluding hydrogens is 356 g/mol. The Morgan fingerprint density at radius 3 is 2.48 bits per heavy atom. The molecule has 21 heavy (non-hydrogen) atoms. The number of ether oxygens (including phenoxy) is 2. The molecule has 5 heteroatoms. The van der Waals surface area contributed by atoms with Gasteiger partial charge in [0, 0.05) is 10.6 Å². The minimum Gasteiger partial charge on any atom is -0.493 e. The molecule has 0 amide bonds. The number of methoxy groups -OCH3 is 1. The fourth-order valence-electron chi connectivity index (χ4n) is 1.78. The van der Waals surface area contributed by atoms with Crippen LogP contribution >= 0.6 is 27.5 Å². The van der Waals surface area contributed by atoms with E-state index in [1.807, 2.05) is 24.3 Å². The van der Waals surface area contributed by atoms with Crippen molar-refractivity contribution >= 4 is 33.3 Å². The number of carbonyl (C=O) groups is 1. The van der Waals surface area contributed by atoms with Crippen LogP contribution in [0.3, 0.4) is 0 Å². The predicted molar refractivity (Wildman–Crippen MR) is 86.9 cm³/mol. The van der Waals surface area contributed by atoms with Gasteiger partial charge >= 0.3 is 0 Å². The summed E-state index contributed by atoms with van der Waals surface area (Å²) < 4.78 is 11.0. The Morgan fingerprint density at radius 1 is 1.14 bits per heavy atom. The molecule has 2 aromatic carbocycles. The van der Waals surface area contributed by atoms with Crippen molar-refractivity contribution in [2.24, 2.45) is 0 Å². The molecule has 0 aromatic heterocycles. The van der Waals surface area contributed by atoms with E-state index in [0.29, 0.717) is 28.7 Å². The maximum absolute atomic E-state index is 11.6. The Bertz CT molecular complexity index is 626. The highest BCUT2D eigenvalue weighted by atomic mass is 79.9. The van der Waals surface area contributed by atoms with Gasteiger partial charge in [-0.3, -0.25) is 4.79 Å². The molecule has 2 rings (SSSR count). The van der Waals surface area contributed by atoms with Crippen molar-refractivity contribution in [3.63, 3.8) is 0 Å². The largest absolute Gasteiger partial charge is 0.493 e. The van der Waals surface area contributed by atoms with Gasteiger partial charge in [0.1, 0.15) is 6.61 Å². The summed E-state index contributed by atoms with van der Waals surface area (Å²) in [5.74, 6) is 1.13. The van der Waals surface area contributed by atoms with Crippen molar-refractivity contribution < 1.29 is 14.3 Å². The molecule has 0 aliphatic rings. The van der Waals surface area contributed by atoms with Gasteiger partial charge < -0.3 is 9.47 Å². The zero-order valence-corrected chi connectivity index (χ0v) is 13.8. The Morgan fingerprint density at radius 2 is 1.86 bits per heavy atom. The number of Topliss-reactive ketones (excluding diaryl/α,β-unsaturated/α-hetero) is 1. The summed E-state index contributed by atoms with van der Waals surface area (Å²) in [4.78, 5) is 11.6. The minimum absolute atomic E-state index is 0.00227.